The highest BCUT2D eigenvalue weighted by molar-refractivity contribution is 5.78. The molecule has 0 radical (unpaired) electrons. The molecule has 6 heteroatoms. The number of carbonyl (C=O) groups excluding carboxylic acids is 1. The quantitative estimate of drug-likeness (QED) is 0.781. The molecule has 1 heterocycles. The molecule has 0 saturated heterocycles. The molecule has 0 aliphatic carbocycles. The Morgan fingerprint density at radius 2 is 1.92 bits per heavy atom. The van der Waals surface area contributed by atoms with E-state index in [1.54, 1.807) is 20.8 Å². The molecule has 1 aromatic heterocycles. The molecule has 1 N–H and O–H groups in total. The number of benzene rings is 1. The van der Waals surface area contributed by atoms with Crippen molar-refractivity contribution in [2.45, 2.75) is 52.7 Å². The van der Waals surface area contributed by atoms with E-state index in [0.29, 0.717) is 11.5 Å². The summed E-state index contributed by atoms with van der Waals surface area (Å²) in [6, 6.07) is 7.70. The van der Waals surface area contributed by atoms with E-state index in [9.17, 15) is 9.90 Å². The number of hydrogen-bond acceptors (Lipinski definition) is 5. The fraction of sp³-hybridized carbons (Fsp3) is 0.526. The zero-order valence-electron chi connectivity index (χ0n) is 15.6. The van der Waals surface area contributed by atoms with Crippen LogP contribution in [-0.4, -0.2) is 32.4 Å². The number of ether oxygens (including phenoxy) is 1. The largest absolute Gasteiger partial charge is 0.465 e. The number of esters is 1. The normalized spacial score (nSPS) is 14.4. The standard InChI is InChI=1S/C19H27N3O3/c1-6-25-17(23)18(4,5)19(24,11-22-13-20-12-21-22)16-9-7-15(8-10-16)14(2)3/h7-10,12-14,24H,6,11H2,1-5H3. The smallest absolute Gasteiger partial charge is 0.314 e. The number of hydrogen-bond donors (Lipinski definition) is 1. The highest BCUT2D eigenvalue weighted by Crippen LogP contribution is 2.42. The molecular formula is C19H27N3O3. The molecule has 0 aliphatic heterocycles. The third-order valence-corrected chi connectivity index (χ3v) is 4.73. The first-order chi connectivity index (χ1) is 11.7. The molecule has 0 saturated carbocycles. The van der Waals surface area contributed by atoms with Crippen LogP contribution in [0.25, 0.3) is 0 Å². The summed E-state index contributed by atoms with van der Waals surface area (Å²) in [5, 5.41) is 15.7. The fourth-order valence-electron chi connectivity index (χ4n) is 2.82. The lowest BCUT2D eigenvalue weighted by Gasteiger charge is -2.41. The van der Waals surface area contributed by atoms with Gasteiger partial charge in [-0.15, -0.1) is 0 Å². The molecule has 1 atom stereocenters. The van der Waals surface area contributed by atoms with E-state index in [1.807, 2.05) is 24.3 Å². The molecule has 2 aromatic rings. The maximum Gasteiger partial charge on any atom is 0.314 e. The van der Waals surface area contributed by atoms with Gasteiger partial charge in [-0.1, -0.05) is 38.1 Å². The van der Waals surface area contributed by atoms with Crippen LogP contribution in [0.2, 0.25) is 0 Å². The second-order valence-electron chi connectivity index (χ2n) is 7.08. The van der Waals surface area contributed by atoms with Crippen molar-refractivity contribution in [2.75, 3.05) is 6.61 Å². The highest BCUT2D eigenvalue weighted by atomic mass is 16.5. The van der Waals surface area contributed by atoms with E-state index < -0.39 is 17.0 Å². The lowest BCUT2D eigenvalue weighted by Crippen LogP contribution is -2.50. The van der Waals surface area contributed by atoms with Crippen LogP contribution >= 0.6 is 0 Å². The third-order valence-electron chi connectivity index (χ3n) is 4.73. The van der Waals surface area contributed by atoms with Crippen LogP contribution in [0.1, 0.15) is 51.7 Å². The Hall–Kier alpha value is -2.21. The Kier molecular flexibility index (Phi) is 5.62. The lowest BCUT2D eigenvalue weighted by molar-refractivity contribution is -0.175. The minimum atomic E-state index is -1.50. The van der Waals surface area contributed by atoms with Crippen molar-refractivity contribution in [3.8, 4) is 0 Å². The van der Waals surface area contributed by atoms with Gasteiger partial charge in [-0.05, 0) is 37.8 Å². The Morgan fingerprint density at radius 3 is 2.40 bits per heavy atom. The second-order valence-corrected chi connectivity index (χ2v) is 7.08. The molecule has 0 fully saturated rings. The Labute approximate surface area is 148 Å². The number of rotatable bonds is 7. The molecule has 1 aromatic carbocycles. The number of aliphatic hydroxyl groups is 1. The molecule has 1 unspecified atom stereocenters. The van der Waals surface area contributed by atoms with Crippen LogP contribution in [0.5, 0.6) is 0 Å². The van der Waals surface area contributed by atoms with Gasteiger partial charge in [0.05, 0.1) is 18.6 Å². The third kappa shape index (κ3) is 3.74. The molecule has 2 rings (SSSR count). The predicted octanol–water partition coefficient (Wildman–Crippen LogP) is 2.88. The van der Waals surface area contributed by atoms with Gasteiger partial charge >= 0.3 is 5.97 Å². The lowest BCUT2D eigenvalue weighted by atomic mass is 9.70. The first-order valence-corrected chi connectivity index (χ1v) is 8.54. The van der Waals surface area contributed by atoms with Gasteiger partial charge in [0.15, 0.2) is 0 Å². The molecular weight excluding hydrogens is 318 g/mol. The second kappa shape index (κ2) is 7.35. The topological polar surface area (TPSA) is 77.2 Å². The van der Waals surface area contributed by atoms with Crippen molar-refractivity contribution in [3.63, 3.8) is 0 Å². The zero-order valence-corrected chi connectivity index (χ0v) is 15.6. The fourth-order valence-corrected chi connectivity index (χ4v) is 2.82. The summed E-state index contributed by atoms with van der Waals surface area (Å²) in [7, 11) is 0. The summed E-state index contributed by atoms with van der Waals surface area (Å²) in [4.78, 5) is 16.5. The summed E-state index contributed by atoms with van der Waals surface area (Å²) in [5.74, 6) is -0.0684. The average Bonchev–Trinajstić information content (AvgIpc) is 3.07. The molecule has 0 bridgehead atoms. The SMILES string of the molecule is CCOC(=O)C(C)(C)C(O)(Cn1cncn1)c1ccc(C(C)C)cc1. The molecule has 136 valence electrons. The maximum absolute atomic E-state index is 12.6. The Balaban J connectivity index is 2.49. The minimum Gasteiger partial charge on any atom is -0.465 e. The number of aromatic nitrogens is 3. The van der Waals surface area contributed by atoms with Gasteiger partial charge in [-0.2, -0.15) is 5.10 Å². The Bertz CT molecular complexity index is 693. The highest BCUT2D eigenvalue weighted by Gasteiger charge is 2.51. The van der Waals surface area contributed by atoms with E-state index in [4.69, 9.17) is 4.74 Å². The van der Waals surface area contributed by atoms with Gasteiger partial charge in [0.25, 0.3) is 0 Å². The van der Waals surface area contributed by atoms with Gasteiger partial charge < -0.3 is 9.84 Å². The Morgan fingerprint density at radius 1 is 1.28 bits per heavy atom. The van der Waals surface area contributed by atoms with Crippen LogP contribution in [0, 0.1) is 5.41 Å². The molecule has 0 spiro atoms. The van der Waals surface area contributed by atoms with E-state index in [2.05, 4.69) is 23.9 Å². The molecule has 0 aliphatic rings. The first-order valence-electron chi connectivity index (χ1n) is 8.54. The summed E-state index contributed by atoms with van der Waals surface area (Å²) >= 11 is 0. The van der Waals surface area contributed by atoms with Crippen molar-refractivity contribution < 1.29 is 14.6 Å². The maximum atomic E-state index is 12.6. The monoisotopic (exact) mass is 345 g/mol. The first kappa shape index (κ1) is 19.1. The summed E-state index contributed by atoms with van der Waals surface area (Å²) in [6.07, 6.45) is 2.92. The van der Waals surface area contributed by atoms with Gasteiger partial charge in [0.1, 0.15) is 18.3 Å². The molecule has 6 nitrogen and oxygen atoms in total. The van der Waals surface area contributed by atoms with E-state index in [0.717, 1.165) is 0 Å². The molecule has 0 amide bonds. The van der Waals surface area contributed by atoms with E-state index >= 15 is 0 Å². The average molecular weight is 345 g/mol. The van der Waals surface area contributed by atoms with Crippen LogP contribution in [0.15, 0.2) is 36.9 Å². The van der Waals surface area contributed by atoms with Gasteiger partial charge in [-0.3, -0.25) is 4.79 Å². The van der Waals surface area contributed by atoms with Crippen molar-refractivity contribution in [1.29, 1.82) is 0 Å². The van der Waals surface area contributed by atoms with Crippen LogP contribution < -0.4 is 0 Å². The van der Waals surface area contributed by atoms with Crippen LogP contribution in [0.3, 0.4) is 0 Å². The van der Waals surface area contributed by atoms with E-state index in [-0.39, 0.29) is 13.2 Å². The van der Waals surface area contributed by atoms with Gasteiger partial charge in [0.2, 0.25) is 0 Å². The minimum absolute atomic E-state index is 0.0971. The van der Waals surface area contributed by atoms with Crippen LogP contribution in [-0.2, 0) is 21.7 Å². The molecule has 25 heavy (non-hydrogen) atoms. The van der Waals surface area contributed by atoms with Gasteiger partial charge in [-0.25, -0.2) is 9.67 Å². The van der Waals surface area contributed by atoms with Crippen molar-refractivity contribution in [3.05, 3.63) is 48.0 Å². The summed E-state index contributed by atoms with van der Waals surface area (Å²) < 4.78 is 6.74. The zero-order chi connectivity index (χ0) is 18.7. The summed E-state index contributed by atoms with van der Waals surface area (Å²) in [6.45, 7) is 9.71. The van der Waals surface area contributed by atoms with Gasteiger partial charge in [0, 0.05) is 0 Å². The van der Waals surface area contributed by atoms with Crippen molar-refractivity contribution in [1.82, 2.24) is 14.8 Å². The number of nitrogens with zero attached hydrogens (tertiary/aromatic N) is 3. The van der Waals surface area contributed by atoms with Crippen molar-refractivity contribution in [2.24, 2.45) is 5.41 Å². The summed E-state index contributed by atoms with van der Waals surface area (Å²) in [5.41, 5.74) is -0.859. The van der Waals surface area contributed by atoms with Crippen LogP contribution in [0.4, 0.5) is 0 Å². The predicted molar refractivity (Wildman–Crippen MR) is 94.9 cm³/mol. The number of carbonyl (C=O) groups is 1. The van der Waals surface area contributed by atoms with Crippen molar-refractivity contribution >= 4 is 5.97 Å². The van der Waals surface area contributed by atoms with E-state index in [1.165, 1.54) is 22.9 Å².